The molecule has 4 nitrogen and oxygen atoms in total. The second kappa shape index (κ2) is 12.2. The van der Waals surface area contributed by atoms with E-state index in [9.17, 15) is 0 Å². The van der Waals surface area contributed by atoms with Gasteiger partial charge in [-0.2, -0.15) is 4.40 Å². The van der Waals surface area contributed by atoms with Crippen molar-refractivity contribution < 1.29 is 0 Å². The second-order valence-corrected chi connectivity index (χ2v) is 3.17. The van der Waals surface area contributed by atoms with Crippen molar-refractivity contribution in [3.8, 4) is 0 Å². The molecular formula is C6H18Cl2N4S. The van der Waals surface area contributed by atoms with Gasteiger partial charge in [-0.05, 0) is 24.9 Å². The Labute approximate surface area is 96.5 Å². The van der Waals surface area contributed by atoms with Gasteiger partial charge in [0.15, 0.2) is 0 Å². The van der Waals surface area contributed by atoms with Gasteiger partial charge in [0.1, 0.15) is 0 Å². The Morgan fingerprint density at radius 1 is 1.38 bits per heavy atom. The van der Waals surface area contributed by atoms with Crippen LogP contribution in [0.5, 0.6) is 0 Å². The van der Waals surface area contributed by atoms with Crippen molar-refractivity contribution in [2.24, 2.45) is 15.9 Å². The number of hydrogen-bond donors (Lipinski definition) is 2. The standard InChI is InChI=1S/C6H16N4S.2ClH/c1-10(2)6(8)9-11-5-3-4-7;;/h3-5,7H2,1-2H3,(H2,8,9);2*1H. The smallest absolute Gasteiger partial charge is 0.202 e. The highest BCUT2D eigenvalue weighted by atomic mass is 35.5. The largest absolute Gasteiger partial charge is 0.369 e. The second-order valence-electron chi connectivity index (χ2n) is 2.32. The first-order valence-corrected chi connectivity index (χ1v) is 4.45. The molecule has 0 aliphatic heterocycles. The summed E-state index contributed by atoms with van der Waals surface area (Å²) in [5.41, 5.74) is 10.8. The lowest BCUT2D eigenvalue weighted by Gasteiger charge is -2.09. The van der Waals surface area contributed by atoms with E-state index >= 15 is 0 Å². The topological polar surface area (TPSA) is 67.6 Å². The highest BCUT2D eigenvalue weighted by Gasteiger charge is 1.92. The Bertz CT molecular complexity index is 132. The SMILES string of the molecule is CN(C)C(N)=NSCCCN.Cl.Cl. The van der Waals surface area contributed by atoms with Gasteiger partial charge in [0, 0.05) is 19.8 Å². The molecule has 0 aromatic rings. The average molecular weight is 249 g/mol. The van der Waals surface area contributed by atoms with Gasteiger partial charge in [0.05, 0.1) is 0 Å². The van der Waals surface area contributed by atoms with Crippen molar-refractivity contribution in [1.29, 1.82) is 0 Å². The van der Waals surface area contributed by atoms with Crippen LogP contribution in [0.1, 0.15) is 6.42 Å². The van der Waals surface area contributed by atoms with Crippen molar-refractivity contribution in [2.45, 2.75) is 6.42 Å². The third-order valence-corrected chi connectivity index (χ3v) is 1.84. The van der Waals surface area contributed by atoms with Gasteiger partial charge in [-0.15, -0.1) is 24.8 Å². The minimum absolute atomic E-state index is 0. The molecule has 0 radical (unpaired) electrons. The van der Waals surface area contributed by atoms with E-state index in [4.69, 9.17) is 11.5 Å². The molecule has 0 aromatic heterocycles. The van der Waals surface area contributed by atoms with Gasteiger partial charge in [-0.1, -0.05) is 0 Å². The fraction of sp³-hybridized carbons (Fsp3) is 0.833. The van der Waals surface area contributed by atoms with Crippen molar-refractivity contribution in [1.82, 2.24) is 4.90 Å². The fourth-order valence-corrected chi connectivity index (χ4v) is 1.02. The average Bonchev–Trinajstić information content (AvgIpc) is 1.97. The molecule has 7 heteroatoms. The van der Waals surface area contributed by atoms with Gasteiger partial charge in [0.25, 0.3) is 0 Å². The molecule has 82 valence electrons. The number of rotatable bonds is 4. The Morgan fingerprint density at radius 2 is 1.92 bits per heavy atom. The summed E-state index contributed by atoms with van der Waals surface area (Å²) in [6.07, 6.45) is 0.981. The zero-order valence-corrected chi connectivity index (χ0v) is 10.3. The van der Waals surface area contributed by atoms with E-state index in [1.54, 1.807) is 4.90 Å². The van der Waals surface area contributed by atoms with E-state index in [0.717, 1.165) is 12.2 Å². The maximum atomic E-state index is 5.52. The van der Waals surface area contributed by atoms with Crippen LogP contribution in [0.2, 0.25) is 0 Å². The first-order valence-electron chi connectivity index (χ1n) is 3.51. The molecule has 0 amide bonds. The van der Waals surface area contributed by atoms with Crippen LogP contribution in [0.4, 0.5) is 0 Å². The summed E-state index contributed by atoms with van der Waals surface area (Å²) in [5.74, 6) is 1.48. The summed E-state index contributed by atoms with van der Waals surface area (Å²) in [6, 6.07) is 0. The molecule has 0 atom stereocenters. The number of nitrogens with zero attached hydrogens (tertiary/aromatic N) is 2. The number of nitrogens with two attached hydrogens (primary N) is 2. The quantitative estimate of drug-likeness (QED) is 0.333. The highest BCUT2D eigenvalue weighted by Crippen LogP contribution is 2.02. The molecule has 0 bridgehead atoms. The lowest BCUT2D eigenvalue weighted by atomic mass is 10.5. The Hall–Kier alpha value is 0.160. The molecule has 0 saturated carbocycles. The van der Waals surface area contributed by atoms with Crippen LogP contribution in [0.15, 0.2) is 4.40 Å². The van der Waals surface area contributed by atoms with E-state index in [0.29, 0.717) is 12.5 Å². The highest BCUT2D eigenvalue weighted by molar-refractivity contribution is 7.98. The zero-order valence-electron chi connectivity index (χ0n) is 7.90. The first-order chi connectivity index (χ1) is 5.18. The maximum Gasteiger partial charge on any atom is 0.202 e. The van der Waals surface area contributed by atoms with Gasteiger partial charge >= 0.3 is 0 Å². The summed E-state index contributed by atoms with van der Waals surface area (Å²) in [7, 11) is 3.73. The summed E-state index contributed by atoms with van der Waals surface area (Å²) in [5, 5.41) is 0. The molecule has 0 fully saturated rings. The normalized spacial score (nSPS) is 9.92. The van der Waals surface area contributed by atoms with Gasteiger partial charge in [0.2, 0.25) is 5.96 Å². The third-order valence-electron chi connectivity index (χ3n) is 1.06. The summed E-state index contributed by atoms with van der Waals surface area (Å²) in [6.45, 7) is 0.713. The van der Waals surface area contributed by atoms with E-state index in [1.165, 1.54) is 11.9 Å². The molecule has 0 aliphatic carbocycles. The molecule has 0 aliphatic rings. The lowest BCUT2D eigenvalue weighted by Crippen LogP contribution is -2.29. The van der Waals surface area contributed by atoms with Crippen LogP contribution in [0, 0.1) is 0 Å². The first kappa shape index (κ1) is 18.9. The minimum Gasteiger partial charge on any atom is -0.369 e. The van der Waals surface area contributed by atoms with Gasteiger partial charge < -0.3 is 16.4 Å². The molecule has 0 heterocycles. The third kappa shape index (κ3) is 12.2. The van der Waals surface area contributed by atoms with Crippen molar-refractivity contribution in [2.75, 3.05) is 26.4 Å². The summed E-state index contributed by atoms with van der Waals surface area (Å²) in [4.78, 5) is 1.77. The van der Waals surface area contributed by atoms with Crippen LogP contribution >= 0.6 is 36.8 Å². The van der Waals surface area contributed by atoms with Crippen LogP contribution in [-0.2, 0) is 0 Å². The van der Waals surface area contributed by atoms with Gasteiger partial charge in [-0.3, -0.25) is 0 Å². The monoisotopic (exact) mass is 248 g/mol. The summed E-state index contributed by atoms with van der Waals surface area (Å²) >= 11 is 1.46. The van der Waals surface area contributed by atoms with Crippen molar-refractivity contribution in [3.63, 3.8) is 0 Å². The molecule has 0 aromatic carbocycles. The number of hydrogen-bond acceptors (Lipinski definition) is 3. The lowest BCUT2D eigenvalue weighted by molar-refractivity contribution is 0.617. The molecular weight excluding hydrogens is 231 g/mol. The zero-order chi connectivity index (χ0) is 8.69. The summed E-state index contributed by atoms with van der Waals surface area (Å²) < 4.78 is 4.04. The molecule has 0 unspecified atom stereocenters. The van der Waals surface area contributed by atoms with Crippen LogP contribution in [-0.4, -0.2) is 37.3 Å². The number of halogens is 2. The van der Waals surface area contributed by atoms with Crippen LogP contribution < -0.4 is 11.5 Å². The van der Waals surface area contributed by atoms with Crippen molar-refractivity contribution in [3.05, 3.63) is 0 Å². The predicted octanol–water partition coefficient (Wildman–Crippen LogP) is 0.703. The number of guanidine groups is 1. The van der Waals surface area contributed by atoms with E-state index in [-0.39, 0.29) is 24.8 Å². The Morgan fingerprint density at radius 3 is 2.31 bits per heavy atom. The molecule has 0 rings (SSSR count). The van der Waals surface area contributed by atoms with E-state index in [1.807, 2.05) is 14.1 Å². The Balaban J connectivity index is -0.000000500. The molecule has 0 saturated heterocycles. The van der Waals surface area contributed by atoms with Crippen LogP contribution in [0.3, 0.4) is 0 Å². The van der Waals surface area contributed by atoms with E-state index < -0.39 is 0 Å². The van der Waals surface area contributed by atoms with Crippen molar-refractivity contribution >= 4 is 42.7 Å². The Kier molecular flexibility index (Phi) is 17.6. The fourth-order valence-electron chi connectivity index (χ4n) is 0.341. The van der Waals surface area contributed by atoms with Gasteiger partial charge in [-0.25, -0.2) is 0 Å². The molecule has 4 N–H and O–H groups in total. The predicted molar refractivity (Wildman–Crippen MR) is 65.9 cm³/mol. The van der Waals surface area contributed by atoms with Crippen LogP contribution in [0.25, 0.3) is 0 Å². The molecule has 13 heavy (non-hydrogen) atoms. The van der Waals surface area contributed by atoms with E-state index in [2.05, 4.69) is 4.40 Å². The minimum atomic E-state index is 0. The molecule has 0 spiro atoms. The maximum absolute atomic E-state index is 5.52.